The third-order valence-corrected chi connectivity index (χ3v) is 7.59. The lowest BCUT2D eigenvalue weighted by Crippen LogP contribution is -2.52. The number of esters is 2. The zero-order valence-electron chi connectivity index (χ0n) is 16.9. The molecule has 152 valence electrons. The number of methoxy groups -OCH3 is 2. The van der Waals surface area contributed by atoms with Gasteiger partial charge in [0.25, 0.3) is 0 Å². The van der Waals surface area contributed by atoms with Crippen molar-refractivity contribution in [2.75, 3.05) is 20.8 Å². The lowest BCUT2D eigenvalue weighted by Gasteiger charge is -2.53. The molecule has 3 aliphatic carbocycles. The number of rotatable bonds is 5. The molecule has 6 heteroatoms. The molecule has 3 saturated carbocycles. The van der Waals surface area contributed by atoms with Crippen molar-refractivity contribution < 1.29 is 28.6 Å². The molecule has 3 aliphatic rings. The van der Waals surface area contributed by atoms with Crippen molar-refractivity contribution >= 4 is 17.7 Å². The first-order valence-corrected chi connectivity index (χ1v) is 10.1. The third kappa shape index (κ3) is 3.53. The van der Waals surface area contributed by atoms with E-state index >= 15 is 0 Å². The van der Waals surface area contributed by atoms with Crippen LogP contribution in [0.15, 0.2) is 0 Å². The number of hydrogen-bond acceptors (Lipinski definition) is 6. The Kier molecular flexibility index (Phi) is 5.94. The van der Waals surface area contributed by atoms with E-state index in [4.69, 9.17) is 14.2 Å². The molecule has 0 aliphatic heterocycles. The molecule has 0 amide bonds. The summed E-state index contributed by atoms with van der Waals surface area (Å²) in [4.78, 5) is 36.7. The average Bonchev–Trinajstić information content (AvgIpc) is 2.96. The summed E-state index contributed by atoms with van der Waals surface area (Å²) in [6, 6.07) is 0. The Bertz CT molecular complexity index is 601. The summed E-state index contributed by atoms with van der Waals surface area (Å²) in [6.07, 6.45) is 5.28. The molecule has 7 unspecified atom stereocenters. The van der Waals surface area contributed by atoms with Crippen LogP contribution in [0.25, 0.3) is 0 Å². The predicted octanol–water partition coefficient (Wildman–Crippen LogP) is 2.78. The van der Waals surface area contributed by atoms with E-state index in [0.717, 1.165) is 32.1 Å². The van der Waals surface area contributed by atoms with E-state index < -0.39 is 0 Å². The van der Waals surface area contributed by atoms with Crippen molar-refractivity contribution in [3.63, 3.8) is 0 Å². The molecular weight excluding hydrogens is 348 g/mol. The first kappa shape index (κ1) is 20.3. The summed E-state index contributed by atoms with van der Waals surface area (Å²) in [6.45, 7) is 3.76. The fourth-order valence-electron chi connectivity index (χ4n) is 6.46. The van der Waals surface area contributed by atoms with Crippen LogP contribution in [0.3, 0.4) is 0 Å². The summed E-state index contributed by atoms with van der Waals surface area (Å²) < 4.78 is 15.8. The number of ketones is 1. The van der Waals surface area contributed by atoms with Crippen molar-refractivity contribution in [1.82, 2.24) is 0 Å². The third-order valence-electron chi connectivity index (χ3n) is 7.59. The van der Waals surface area contributed by atoms with E-state index in [1.54, 1.807) is 0 Å². The maximum atomic E-state index is 12.6. The fourth-order valence-corrected chi connectivity index (χ4v) is 6.46. The maximum Gasteiger partial charge on any atom is 0.309 e. The highest BCUT2D eigenvalue weighted by molar-refractivity contribution is 5.88. The molecule has 6 nitrogen and oxygen atoms in total. The highest BCUT2D eigenvalue weighted by atomic mass is 16.5. The van der Waals surface area contributed by atoms with Crippen molar-refractivity contribution in [2.45, 2.75) is 58.5 Å². The molecule has 3 fully saturated rings. The second kappa shape index (κ2) is 7.90. The van der Waals surface area contributed by atoms with Gasteiger partial charge in [-0.15, -0.1) is 0 Å². The van der Waals surface area contributed by atoms with E-state index in [1.165, 1.54) is 21.1 Å². The molecule has 0 radical (unpaired) electrons. The Labute approximate surface area is 161 Å². The zero-order valence-corrected chi connectivity index (χ0v) is 16.9. The molecule has 0 bridgehead atoms. The van der Waals surface area contributed by atoms with Gasteiger partial charge >= 0.3 is 11.9 Å². The summed E-state index contributed by atoms with van der Waals surface area (Å²) in [5.41, 5.74) is -0.0309. The Balaban J connectivity index is 1.84. The van der Waals surface area contributed by atoms with Crippen LogP contribution in [0.1, 0.15) is 52.4 Å². The molecule has 3 rings (SSSR count). The predicted molar refractivity (Wildman–Crippen MR) is 97.7 cm³/mol. The van der Waals surface area contributed by atoms with E-state index in [1.807, 2.05) is 0 Å². The van der Waals surface area contributed by atoms with Gasteiger partial charge in [-0.05, 0) is 56.3 Å². The first-order chi connectivity index (χ1) is 12.8. The second-order valence-electron chi connectivity index (χ2n) is 8.79. The highest BCUT2D eigenvalue weighted by Gasteiger charge is 2.59. The van der Waals surface area contributed by atoms with Gasteiger partial charge in [-0.25, -0.2) is 0 Å². The molecule has 0 N–H and O–H groups in total. The maximum absolute atomic E-state index is 12.6. The lowest BCUT2D eigenvalue weighted by atomic mass is 9.52. The SMILES string of the molecule is COCC(=O)C1CCC2C(CCC3(C)C(OC(C)=O)CCC23)C1C(=O)OC. The minimum Gasteiger partial charge on any atom is -0.469 e. The number of hydrogen-bond donors (Lipinski definition) is 0. The standard InChI is InChI=1S/C21H32O6/c1-12(22)27-18-8-7-16-13-5-6-15(17(23)11-25-3)19(20(24)26-4)14(13)9-10-21(16,18)2/h13-16,18-19H,5-11H2,1-4H3. The average molecular weight is 380 g/mol. The number of Topliss-reactive ketones (excluding diaryl/α,β-unsaturated/α-hetero) is 1. The smallest absolute Gasteiger partial charge is 0.309 e. The van der Waals surface area contributed by atoms with Gasteiger partial charge in [0.1, 0.15) is 12.7 Å². The van der Waals surface area contributed by atoms with Gasteiger partial charge in [0, 0.05) is 25.4 Å². The van der Waals surface area contributed by atoms with Crippen LogP contribution in [-0.2, 0) is 28.6 Å². The molecule has 0 aromatic carbocycles. The number of ether oxygens (including phenoxy) is 3. The normalized spacial score (nSPS) is 40.6. The summed E-state index contributed by atoms with van der Waals surface area (Å²) >= 11 is 0. The van der Waals surface area contributed by atoms with E-state index in [2.05, 4.69) is 6.92 Å². The summed E-state index contributed by atoms with van der Waals surface area (Å²) in [5.74, 6) is -0.216. The molecule has 0 heterocycles. The van der Waals surface area contributed by atoms with Crippen molar-refractivity contribution in [2.24, 2.45) is 35.0 Å². The summed E-state index contributed by atoms with van der Waals surface area (Å²) in [7, 11) is 2.92. The Hall–Kier alpha value is -1.43. The van der Waals surface area contributed by atoms with Crippen LogP contribution in [0.2, 0.25) is 0 Å². The van der Waals surface area contributed by atoms with Crippen LogP contribution in [0.5, 0.6) is 0 Å². The van der Waals surface area contributed by atoms with E-state index in [9.17, 15) is 14.4 Å². The van der Waals surface area contributed by atoms with Gasteiger partial charge in [0.05, 0.1) is 13.0 Å². The first-order valence-electron chi connectivity index (χ1n) is 10.1. The van der Waals surface area contributed by atoms with Crippen LogP contribution in [0.4, 0.5) is 0 Å². The molecule has 0 aromatic rings. The zero-order chi connectivity index (χ0) is 19.8. The number of carbonyl (C=O) groups is 3. The van der Waals surface area contributed by atoms with Gasteiger partial charge in [-0.2, -0.15) is 0 Å². The quantitative estimate of drug-likeness (QED) is 0.683. The minimum atomic E-state index is -0.381. The summed E-state index contributed by atoms with van der Waals surface area (Å²) in [5, 5.41) is 0. The molecule has 27 heavy (non-hydrogen) atoms. The van der Waals surface area contributed by atoms with Crippen LogP contribution >= 0.6 is 0 Å². The second-order valence-corrected chi connectivity index (χ2v) is 8.79. The fraction of sp³-hybridized carbons (Fsp3) is 0.857. The molecule has 7 atom stereocenters. The van der Waals surface area contributed by atoms with Gasteiger partial charge in [-0.3, -0.25) is 14.4 Å². The topological polar surface area (TPSA) is 78.9 Å². The molecule has 0 spiro atoms. The monoisotopic (exact) mass is 380 g/mol. The van der Waals surface area contributed by atoms with Gasteiger partial charge < -0.3 is 14.2 Å². The van der Waals surface area contributed by atoms with Crippen LogP contribution in [-0.4, -0.2) is 44.7 Å². The largest absolute Gasteiger partial charge is 0.469 e. The van der Waals surface area contributed by atoms with Crippen LogP contribution < -0.4 is 0 Å². The minimum absolute atomic E-state index is 0.00361. The van der Waals surface area contributed by atoms with Crippen LogP contribution in [0, 0.1) is 35.0 Å². The Morgan fingerprint density at radius 2 is 1.74 bits per heavy atom. The number of fused-ring (bicyclic) bond motifs is 3. The molecule has 0 saturated heterocycles. The lowest BCUT2D eigenvalue weighted by molar-refractivity contribution is -0.166. The van der Waals surface area contributed by atoms with Gasteiger partial charge in [-0.1, -0.05) is 6.92 Å². The highest BCUT2D eigenvalue weighted by Crippen LogP contribution is 2.61. The van der Waals surface area contributed by atoms with Crippen molar-refractivity contribution in [1.29, 1.82) is 0 Å². The number of carbonyl (C=O) groups excluding carboxylic acids is 3. The van der Waals surface area contributed by atoms with Gasteiger partial charge in [0.2, 0.25) is 0 Å². The van der Waals surface area contributed by atoms with Crippen molar-refractivity contribution in [3.8, 4) is 0 Å². The van der Waals surface area contributed by atoms with Crippen molar-refractivity contribution in [3.05, 3.63) is 0 Å². The van der Waals surface area contributed by atoms with Gasteiger partial charge in [0.15, 0.2) is 5.78 Å². The van der Waals surface area contributed by atoms with E-state index in [-0.39, 0.29) is 53.6 Å². The Morgan fingerprint density at radius 1 is 1.00 bits per heavy atom. The van der Waals surface area contributed by atoms with E-state index in [0.29, 0.717) is 18.3 Å². The Morgan fingerprint density at radius 3 is 2.37 bits per heavy atom. The molecule has 0 aromatic heterocycles. The molecular formula is C21H32O6.